The van der Waals surface area contributed by atoms with Gasteiger partial charge in [-0.1, -0.05) is 56.7 Å². The van der Waals surface area contributed by atoms with Gasteiger partial charge in [0.25, 0.3) is 0 Å². The highest BCUT2D eigenvalue weighted by Gasteiger charge is 2.27. The van der Waals surface area contributed by atoms with Crippen LogP contribution in [0.2, 0.25) is 0 Å². The Bertz CT molecular complexity index is 1390. The van der Waals surface area contributed by atoms with Gasteiger partial charge in [0.2, 0.25) is 0 Å². The zero-order chi connectivity index (χ0) is 22.8. The Morgan fingerprint density at radius 3 is 2.44 bits per heavy atom. The van der Waals surface area contributed by atoms with E-state index >= 15 is 0 Å². The van der Waals surface area contributed by atoms with Crippen molar-refractivity contribution in [2.75, 3.05) is 0 Å². The summed E-state index contributed by atoms with van der Waals surface area (Å²) in [5, 5.41) is 2.63. The number of fused-ring (bicyclic) bond motifs is 5. The summed E-state index contributed by atoms with van der Waals surface area (Å²) in [6, 6.07) is 18.2. The summed E-state index contributed by atoms with van der Waals surface area (Å²) in [6.07, 6.45) is 4.45. The monoisotopic (exact) mass is 423 g/mol. The van der Waals surface area contributed by atoms with E-state index in [1.54, 1.807) is 0 Å². The molecule has 0 spiro atoms. The molecule has 0 unspecified atom stereocenters. The predicted octanol–water partition coefficient (Wildman–Crippen LogP) is 7.94. The summed E-state index contributed by atoms with van der Waals surface area (Å²) >= 11 is 0. The number of nitrogens with zero attached hydrogens (tertiary/aromatic N) is 1. The third kappa shape index (κ3) is 3.43. The highest BCUT2D eigenvalue weighted by Crippen LogP contribution is 2.43. The normalized spacial score (nSPS) is 15.2. The van der Waals surface area contributed by atoms with Crippen LogP contribution >= 0.6 is 0 Å². The molecule has 0 saturated heterocycles. The van der Waals surface area contributed by atoms with Crippen molar-refractivity contribution in [2.45, 2.75) is 66.0 Å². The zero-order valence-electron chi connectivity index (χ0n) is 20.3. The first-order chi connectivity index (χ1) is 15.0. The quantitative estimate of drug-likeness (QED) is 0.319. The number of rotatable bonds is 2. The molecule has 1 aromatic heterocycles. The van der Waals surface area contributed by atoms with Gasteiger partial charge in [-0.3, -0.25) is 0 Å². The van der Waals surface area contributed by atoms with Gasteiger partial charge >= 0.3 is 0 Å². The third-order valence-electron chi connectivity index (χ3n) is 6.63. The molecule has 164 valence electrons. The minimum atomic E-state index is -0.293. The Kier molecular flexibility index (Phi) is 4.57. The van der Waals surface area contributed by atoms with Gasteiger partial charge in [0.15, 0.2) is 0 Å². The number of aryl methyl sites for hydroxylation is 2. The SMILES string of the molecule is Cc1cccc(Cn2c3ccc(C(C)(C)C)cc3c3cc(C)c4c(c32)C=CC(C)(C)O4)c1. The molecule has 0 atom stereocenters. The van der Waals surface area contributed by atoms with Gasteiger partial charge in [-0.2, -0.15) is 0 Å². The second-order valence-electron chi connectivity index (χ2n) is 10.9. The summed E-state index contributed by atoms with van der Waals surface area (Å²) in [4.78, 5) is 0. The predicted molar refractivity (Wildman–Crippen MR) is 137 cm³/mol. The third-order valence-corrected chi connectivity index (χ3v) is 6.63. The summed E-state index contributed by atoms with van der Waals surface area (Å²) in [7, 11) is 0. The van der Waals surface area contributed by atoms with E-state index < -0.39 is 0 Å². The number of aromatic nitrogens is 1. The highest BCUT2D eigenvalue weighted by molar-refractivity contribution is 6.12. The Balaban J connectivity index is 1.86. The second kappa shape index (κ2) is 7.00. The molecule has 2 heterocycles. The fourth-order valence-electron chi connectivity index (χ4n) is 4.91. The lowest BCUT2D eigenvalue weighted by atomic mass is 9.86. The van der Waals surface area contributed by atoms with Crippen LogP contribution in [0.5, 0.6) is 5.75 Å². The highest BCUT2D eigenvalue weighted by atomic mass is 16.5. The molecule has 32 heavy (non-hydrogen) atoms. The molecular formula is C30H33NO. The fourth-order valence-corrected chi connectivity index (χ4v) is 4.91. The molecule has 2 nitrogen and oxygen atoms in total. The lowest BCUT2D eigenvalue weighted by Crippen LogP contribution is -2.28. The van der Waals surface area contributed by atoms with E-state index in [9.17, 15) is 0 Å². The van der Waals surface area contributed by atoms with E-state index in [2.05, 4.69) is 114 Å². The average Bonchev–Trinajstić information content (AvgIpc) is 3.00. The van der Waals surface area contributed by atoms with Crippen LogP contribution in [0.4, 0.5) is 0 Å². The van der Waals surface area contributed by atoms with Crippen molar-refractivity contribution in [1.29, 1.82) is 0 Å². The summed E-state index contributed by atoms with van der Waals surface area (Å²) in [5.41, 5.74) is 8.72. The number of ether oxygens (including phenoxy) is 1. The van der Waals surface area contributed by atoms with Gasteiger partial charge in [0.1, 0.15) is 11.4 Å². The molecule has 0 radical (unpaired) electrons. The summed E-state index contributed by atoms with van der Waals surface area (Å²) in [5.74, 6) is 1.01. The van der Waals surface area contributed by atoms with Crippen molar-refractivity contribution in [3.05, 3.63) is 82.4 Å². The molecule has 0 fully saturated rings. The van der Waals surface area contributed by atoms with Crippen LogP contribution in [-0.4, -0.2) is 10.2 Å². The first kappa shape index (κ1) is 20.9. The maximum Gasteiger partial charge on any atom is 0.132 e. The van der Waals surface area contributed by atoms with E-state index in [4.69, 9.17) is 4.74 Å². The molecule has 0 bridgehead atoms. The largest absolute Gasteiger partial charge is 0.483 e. The van der Waals surface area contributed by atoms with Gasteiger partial charge in [-0.25, -0.2) is 0 Å². The van der Waals surface area contributed by atoms with Gasteiger partial charge < -0.3 is 9.30 Å². The van der Waals surface area contributed by atoms with E-state index in [0.717, 1.165) is 12.3 Å². The van der Waals surface area contributed by atoms with E-state index in [-0.39, 0.29) is 11.0 Å². The smallest absolute Gasteiger partial charge is 0.132 e. The molecule has 1 aliphatic rings. The van der Waals surface area contributed by atoms with Crippen LogP contribution in [-0.2, 0) is 12.0 Å². The Morgan fingerprint density at radius 2 is 1.72 bits per heavy atom. The van der Waals surface area contributed by atoms with Gasteiger partial charge in [0.05, 0.1) is 5.52 Å². The Hall–Kier alpha value is -3.00. The van der Waals surface area contributed by atoms with Crippen LogP contribution in [0.3, 0.4) is 0 Å². The maximum absolute atomic E-state index is 6.46. The Morgan fingerprint density at radius 1 is 0.938 bits per heavy atom. The van der Waals surface area contributed by atoms with E-state index in [1.807, 2.05) is 0 Å². The van der Waals surface area contributed by atoms with Gasteiger partial charge in [-0.15, -0.1) is 0 Å². The maximum atomic E-state index is 6.46. The lowest BCUT2D eigenvalue weighted by molar-refractivity contribution is 0.158. The standard InChI is InChI=1S/C30H33NO/c1-19-9-8-10-21(15-19)18-31-26-12-11-22(29(3,4)5)17-24(26)25-16-20(2)28-23(27(25)31)13-14-30(6,7)32-28/h8-17H,18H2,1-7H3. The van der Waals surface area contributed by atoms with Crippen LogP contribution in [0.15, 0.2) is 54.6 Å². The van der Waals surface area contributed by atoms with Crippen molar-refractivity contribution in [3.8, 4) is 5.75 Å². The van der Waals surface area contributed by atoms with Crippen molar-refractivity contribution >= 4 is 27.9 Å². The van der Waals surface area contributed by atoms with Crippen LogP contribution in [0.1, 0.15) is 62.4 Å². The molecule has 1 aliphatic heterocycles. The molecule has 2 heteroatoms. The number of benzene rings is 3. The average molecular weight is 424 g/mol. The molecule has 0 amide bonds. The molecule has 0 saturated carbocycles. The second-order valence-corrected chi connectivity index (χ2v) is 10.9. The summed E-state index contributed by atoms with van der Waals surface area (Å²) < 4.78 is 8.94. The van der Waals surface area contributed by atoms with Crippen LogP contribution in [0.25, 0.3) is 27.9 Å². The lowest BCUT2D eigenvalue weighted by Gasteiger charge is -2.29. The van der Waals surface area contributed by atoms with Gasteiger partial charge in [-0.05, 0) is 80.2 Å². The Labute approximate surface area is 191 Å². The molecule has 0 N–H and O–H groups in total. The molecular weight excluding hydrogens is 390 g/mol. The molecule has 3 aromatic carbocycles. The summed E-state index contributed by atoms with van der Waals surface area (Å²) in [6.45, 7) is 16.3. The molecule has 4 aromatic rings. The first-order valence-electron chi connectivity index (χ1n) is 11.6. The fraction of sp³-hybridized carbons (Fsp3) is 0.333. The zero-order valence-corrected chi connectivity index (χ0v) is 20.3. The minimum Gasteiger partial charge on any atom is -0.483 e. The van der Waals surface area contributed by atoms with Crippen molar-refractivity contribution < 1.29 is 4.74 Å². The minimum absolute atomic E-state index is 0.107. The molecule has 0 aliphatic carbocycles. The van der Waals surface area contributed by atoms with Crippen molar-refractivity contribution in [3.63, 3.8) is 0 Å². The van der Waals surface area contributed by atoms with Crippen molar-refractivity contribution in [1.82, 2.24) is 4.57 Å². The number of hydrogen-bond donors (Lipinski definition) is 0. The van der Waals surface area contributed by atoms with E-state index in [1.165, 1.54) is 49.6 Å². The topological polar surface area (TPSA) is 14.2 Å². The first-order valence-corrected chi connectivity index (χ1v) is 11.6. The number of hydrogen-bond acceptors (Lipinski definition) is 1. The van der Waals surface area contributed by atoms with Crippen molar-refractivity contribution in [2.24, 2.45) is 0 Å². The molecule has 5 rings (SSSR count). The van der Waals surface area contributed by atoms with Crippen LogP contribution in [0, 0.1) is 13.8 Å². The van der Waals surface area contributed by atoms with E-state index in [0.29, 0.717) is 0 Å². The van der Waals surface area contributed by atoms with Gasteiger partial charge in [0, 0.05) is 28.4 Å². The van der Waals surface area contributed by atoms with Crippen LogP contribution < -0.4 is 4.74 Å².